The van der Waals surface area contributed by atoms with Gasteiger partial charge in [-0.15, -0.1) is 0 Å². The van der Waals surface area contributed by atoms with Crippen LogP contribution in [0.5, 0.6) is 0 Å². The Morgan fingerprint density at radius 1 is 1.50 bits per heavy atom. The number of carboxylic acids is 1. The van der Waals surface area contributed by atoms with Gasteiger partial charge >= 0.3 is 12.0 Å². The van der Waals surface area contributed by atoms with Crippen LogP contribution in [0, 0.1) is 5.92 Å². The molecular formula is C10H18N2O4. The minimum absolute atomic E-state index is 0.0746. The van der Waals surface area contributed by atoms with Crippen molar-refractivity contribution < 1.29 is 19.4 Å². The van der Waals surface area contributed by atoms with Crippen molar-refractivity contribution in [3.8, 4) is 0 Å². The van der Waals surface area contributed by atoms with Crippen molar-refractivity contribution in [2.45, 2.75) is 32.4 Å². The summed E-state index contributed by atoms with van der Waals surface area (Å²) < 4.78 is 5.04. The van der Waals surface area contributed by atoms with E-state index in [2.05, 4.69) is 10.6 Å². The summed E-state index contributed by atoms with van der Waals surface area (Å²) in [6.45, 7) is 4.26. The van der Waals surface area contributed by atoms with Crippen molar-refractivity contribution in [1.29, 1.82) is 0 Å². The molecule has 1 rings (SSSR count). The number of amides is 2. The number of hydrogen-bond donors (Lipinski definition) is 3. The van der Waals surface area contributed by atoms with Gasteiger partial charge in [0.05, 0.1) is 19.3 Å². The molecule has 3 atom stereocenters. The van der Waals surface area contributed by atoms with Crippen molar-refractivity contribution >= 4 is 12.0 Å². The molecule has 92 valence electrons. The second-order valence-corrected chi connectivity index (χ2v) is 4.02. The van der Waals surface area contributed by atoms with Crippen molar-refractivity contribution in [3.05, 3.63) is 0 Å². The van der Waals surface area contributed by atoms with E-state index >= 15 is 0 Å². The summed E-state index contributed by atoms with van der Waals surface area (Å²) in [5.41, 5.74) is 0. The lowest BCUT2D eigenvalue weighted by Crippen LogP contribution is -2.49. The summed E-state index contributed by atoms with van der Waals surface area (Å²) >= 11 is 0. The summed E-state index contributed by atoms with van der Waals surface area (Å²) in [6.07, 6.45) is 0.830. The Morgan fingerprint density at radius 3 is 2.75 bits per heavy atom. The molecule has 3 N–H and O–H groups in total. The Kier molecular flexibility index (Phi) is 4.54. The van der Waals surface area contributed by atoms with Crippen LogP contribution in [0.1, 0.15) is 20.3 Å². The molecule has 0 bridgehead atoms. The van der Waals surface area contributed by atoms with Gasteiger partial charge in [0.25, 0.3) is 0 Å². The zero-order valence-electron chi connectivity index (χ0n) is 9.53. The number of aliphatic carboxylic acids is 1. The Balaban J connectivity index is 2.41. The van der Waals surface area contributed by atoms with E-state index in [4.69, 9.17) is 9.84 Å². The summed E-state index contributed by atoms with van der Waals surface area (Å²) in [4.78, 5) is 22.3. The molecule has 0 aliphatic carbocycles. The van der Waals surface area contributed by atoms with E-state index in [9.17, 15) is 9.59 Å². The van der Waals surface area contributed by atoms with Gasteiger partial charge in [-0.3, -0.25) is 4.79 Å². The maximum atomic E-state index is 11.5. The van der Waals surface area contributed by atoms with Crippen LogP contribution in [0.3, 0.4) is 0 Å². The van der Waals surface area contributed by atoms with E-state index in [1.807, 2.05) is 13.8 Å². The van der Waals surface area contributed by atoms with Gasteiger partial charge in [0.15, 0.2) is 0 Å². The first kappa shape index (κ1) is 12.8. The monoisotopic (exact) mass is 230 g/mol. The second kappa shape index (κ2) is 5.69. The van der Waals surface area contributed by atoms with Gasteiger partial charge in [0.1, 0.15) is 5.92 Å². The predicted molar refractivity (Wildman–Crippen MR) is 57.2 cm³/mol. The number of urea groups is 1. The average molecular weight is 230 g/mol. The number of carboxylic acid groups (broad SMARTS) is 1. The van der Waals surface area contributed by atoms with Crippen LogP contribution in [-0.2, 0) is 9.53 Å². The molecule has 16 heavy (non-hydrogen) atoms. The van der Waals surface area contributed by atoms with Crippen LogP contribution in [0.15, 0.2) is 0 Å². The van der Waals surface area contributed by atoms with E-state index in [1.54, 1.807) is 0 Å². The van der Waals surface area contributed by atoms with Gasteiger partial charge < -0.3 is 20.5 Å². The van der Waals surface area contributed by atoms with Crippen molar-refractivity contribution in [3.63, 3.8) is 0 Å². The van der Waals surface area contributed by atoms with Gasteiger partial charge in [-0.05, 0) is 13.3 Å². The molecule has 0 spiro atoms. The van der Waals surface area contributed by atoms with E-state index in [0.717, 1.165) is 6.42 Å². The standard InChI is InChI=1S/C10H18N2O4/c1-3-6(2)11-10(15)12-8-5-16-4-7(8)9(13)14/h6-8H,3-5H2,1-2H3,(H,13,14)(H2,11,12,15). The number of hydrogen-bond acceptors (Lipinski definition) is 3. The third-order valence-corrected chi connectivity index (χ3v) is 2.70. The molecule has 2 amide bonds. The Morgan fingerprint density at radius 2 is 2.19 bits per heavy atom. The van der Waals surface area contributed by atoms with Crippen LogP contribution in [0.25, 0.3) is 0 Å². The molecule has 1 heterocycles. The van der Waals surface area contributed by atoms with Gasteiger partial charge in [-0.2, -0.15) is 0 Å². The van der Waals surface area contributed by atoms with Crippen LogP contribution in [0.2, 0.25) is 0 Å². The van der Waals surface area contributed by atoms with Crippen molar-refractivity contribution in [2.75, 3.05) is 13.2 Å². The van der Waals surface area contributed by atoms with Crippen LogP contribution in [-0.4, -0.2) is 42.4 Å². The lowest BCUT2D eigenvalue weighted by Gasteiger charge is -2.18. The first-order valence-corrected chi connectivity index (χ1v) is 5.42. The molecule has 0 aromatic rings. The fraction of sp³-hybridized carbons (Fsp3) is 0.800. The zero-order valence-corrected chi connectivity index (χ0v) is 9.53. The Hall–Kier alpha value is -1.30. The summed E-state index contributed by atoms with van der Waals surface area (Å²) in [7, 11) is 0. The number of carbonyl (C=O) groups excluding carboxylic acids is 1. The average Bonchev–Trinajstić information content (AvgIpc) is 2.65. The van der Waals surface area contributed by atoms with E-state index in [1.165, 1.54) is 0 Å². The SMILES string of the molecule is CCC(C)NC(=O)NC1COCC1C(=O)O. The van der Waals surface area contributed by atoms with E-state index in [0.29, 0.717) is 0 Å². The normalized spacial score (nSPS) is 26.1. The lowest BCUT2D eigenvalue weighted by atomic mass is 10.0. The summed E-state index contributed by atoms with van der Waals surface area (Å²) in [5.74, 6) is -1.59. The zero-order chi connectivity index (χ0) is 12.1. The molecule has 0 saturated carbocycles. The molecule has 0 radical (unpaired) electrons. The van der Waals surface area contributed by atoms with Crippen LogP contribution in [0.4, 0.5) is 4.79 Å². The molecule has 0 aromatic carbocycles. The molecular weight excluding hydrogens is 212 g/mol. The van der Waals surface area contributed by atoms with E-state index in [-0.39, 0.29) is 25.3 Å². The maximum Gasteiger partial charge on any atom is 0.315 e. The smallest absolute Gasteiger partial charge is 0.315 e. The molecule has 6 nitrogen and oxygen atoms in total. The minimum Gasteiger partial charge on any atom is -0.481 e. The minimum atomic E-state index is -0.939. The van der Waals surface area contributed by atoms with Crippen LogP contribution < -0.4 is 10.6 Å². The van der Waals surface area contributed by atoms with Gasteiger partial charge in [0.2, 0.25) is 0 Å². The predicted octanol–water partition coefficient (Wildman–Crippen LogP) is 0.184. The summed E-state index contributed by atoms with van der Waals surface area (Å²) in [6, 6.07) is -0.705. The number of carbonyl (C=O) groups is 2. The molecule has 6 heteroatoms. The first-order valence-electron chi connectivity index (χ1n) is 5.42. The van der Waals surface area contributed by atoms with Crippen molar-refractivity contribution in [1.82, 2.24) is 10.6 Å². The van der Waals surface area contributed by atoms with Gasteiger partial charge in [-0.1, -0.05) is 6.92 Å². The fourth-order valence-electron chi connectivity index (χ4n) is 1.48. The third kappa shape index (κ3) is 3.37. The molecule has 1 aliphatic heterocycles. The second-order valence-electron chi connectivity index (χ2n) is 4.02. The molecule has 3 unspecified atom stereocenters. The lowest BCUT2D eigenvalue weighted by molar-refractivity contribution is -0.142. The largest absolute Gasteiger partial charge is 0.481 e. The molecule has 0 aromatic heterocycles. The highest BCUT2D eigenvalue weighted by Gasteiger charge is 2.35. The fourth-order valence-corrected chi connectivity index (χ4v) is 1.48. The van der Waals surface area contributed by atoms with Crippen LogP contribution >= 0.6 is 0 Å². The topological polar surface area (TPSA) is 87.7 Å². The van der Waals surface area contributed by atoms with E-state index < -0.39 is 17.9 Å². The summed E-state index contributed by atoms with van der Waals surface area (Å²) in [5, 5.41) is 14.2. The van der Waals surface area contributed by atoms with Gasteiger partial charge in [0, 0.05) is 6.04 Å². The van der Waals surface area contributed by atoms with Crippen molar-refractivity contribution in [2.24, 2.45) is 5.92 Å². The third-order valence-electron chi connectivity index (χ3n) is 2.70. The Labute approximate surface area is 94.3 Å². The highest BCUT2D eigenvalue weighted by atomic mass is 16.5. The maximum absolute atomic E-state index is 11.5. The molecule has 1 saturated heterocycles. The highest BCUT2D eigenvalue weighted by Crippen LogP contribution is 2.13. The quantitative estimate of drug-likeness (QED) is 0.643. The van der Waals surface area contributed by atoms with Gasteiger partial charge in [-0.25, -0.2) is 4.79 Å². The number of rotatable bonds is 4. The number of ether oxygens (including phenoxy) is 1. The first-order chi connectivity index (χ1) is 7.54. The molecule has 1 fully saturated rings. The molecule has 1 aliphatic rings. The Bertz CT molecular complexity index is 270. The highest BCUT2D eigenvalue weighted by molar-refractivity contribution is 5.77. The number of nitrogens with one attached hydrogen (secondary N) is 2.